The fourth-order valence-electron chi connectivity index (χ4n) is 4.81. The second-order valence-corrected chi connectivity index (χ2v) is 10.7. The summed E-state index contributed by atoms with van der Waals surface area (Å²) in [6.07, 6.45) is 8.62. The molecule has 3 heterocycles. The summed E-state index contributed by atoms with van der Waals surface area (Å²) in [6.45, 7) is 0. The zero-order valence-corrected chi connectivity index (χ0v) is 22.7. The predicted molar refractivity (Wildman–Crippen MR) is 152 cm³/mol. The molecule has 2 fully saturated rings. The van der Waals surface area contributed by atoms with E-state index in [-0.39, 0.29) is 23.5 Å². The molecule has 1 aromatic carbocycles. The van der Waals surface area contributed by atoms with Crippen molar-refractivity contribution < 1.29 is 18.7 Å². The number of nitrogens with one attached hydrogen (secondary N) is 4. The fourth-order valence-corrected chi connectivity index (χ4v) is 4.93. The molecule has 0 atom stereocenters. The molecule has 2 amide bonds. The molecule has 13 heteroatoms. The molecule has 212 valence electrons. The summed E-state index contributed by atoms with van der Waals surface area (Å²) in [7, 11) is 0. The van der Waals surface area contributed by atoms with Crippen molar-refractivity contribution in [3.63, 3.8) is 0 Å². The van der Waals surface area contributed by atoms with Gasteiger partial charge >= 0.3 is 6.09 Å². The number of anilines is 3. The van der Waals surface area contributed by atoms with Crippen molar-refractivity contribution in [2.75, 3.05) is 16.0 Å². The van der Waals surface area contributed by atoms with Crippen LogP contribution in [0.4, 0.5) is 26.4 Å². The number of aromatic nitrogens is 4. The van der Waals surface area contributed by atoms with Crippen LogP contribution in [0.5, 0.6) is 5.75 Å². The van der Waals surface area contributed by atoms with Crippen molar-refractivity contribution in [1.29, 1.82) is 0 Å². The van der Waals surface area contributed by atoms with Gasteiger partial charge in [-0.25, -0.2) is 18.7 Å². The Kier molecular flexibility index (Phi) is 7.55. The summed E-state index contributed by atoms with van der Waals surface area (Å²) in [5.74, 6) is -0.162. The summed E-state index contributed by atoms with van der Waals surface area (Å²) in [5.41, 5.74) is 1.47. The average Bonchev–Trinajstić information content (AvgIpc) is 3.67. The van der Waals surface area contributed by atoms with Gasteiger partial charge in [0.15, 0.2) is 17.2 Å². The Balaban J connectivity index is 1.12. The largest absolute Gasteiger partial charge is 0.412 e. The molecule has 41 heavy (non-hydrogen) atoms. The smallest absolute Gasteiger partial charge is 0.410 e. The molecule has 2 aliphatic rings. The van der Waals surface area contributed by atoms with E-state index < -0.39 is 17.8 Å². The van der Waals surface area contributed by atoms with E-state index in [1.165, 1.54) is 23.0 Å². The molecule has 0 bridgehead atoms. The van der Waals surface area contributed by atoms with Crippen LogP contribution in [0.3, 0.4) is 0 Å². The van der Waals surface area contributed by atoms with E-state index in [2.05, 4.69) is 36.3 Å². The number of fused-ring (bicyclic) bond motifs is 1. The van der Waals surface area contributed by atoms with Crippen LogP contribution in [0, 0.1) is 5.82 Å². The third-order valence-electron chi connectivity index (χ3n) is 7.08. The predicted octanol–water partition coefficient (Wildman–Crippen LogP) is 5.26. The number of imidazole rings is 1. The van der Waals surface area contributed by atoms with Gasteiger partial charge in [0.25, 0.3) is 5.91 Å². The van der Waals surface area contributed by atoms with Gasteiger partial charge in [-0.1, -0.05) is 11.6 Å². The van der Waals surface area contributed by atoms with E-state index in [0.29, 0.717) is 28.3 Å². The minimum atomic E-state index is -0.635. The molecule has 4 N–H and O–H groups in total. The Morgan fingerprint density at radius 3 is 2.37 bits per heavy atom. The number of halogens is 2. The Morgan fingerprint density at radius 2 is 1.63 bits per heavy atom. The van der Waals surface area contributed by atoms with E-state index in [1.54, 1.807) is 24.3 Å². The third kappa shape index (κ3) is 6.49. The highest BCUT2D eigenvalue weighted by Crippen LogP contribution is 2.30. The lowest BCUT2D eigenvalue weighted by Gasteiger charge is -2.29. The lowest BCUT2D eigenvalue weighted by atomic mass is 9.91. The van der Waals surface area contributed by atoms with E-state index in [9.17, 15) is 14.0 Å². The standard InChI is InChI=1S/C28H28ClFN8O3/c29-16-1-9-20(10-2-16)41-28(40)35-19-7-5-18(6-8-19)34-25-13-23(33-17-3-4-17)26-32-15-24(38(26)37-25)27(39)36-22-11-12-31-14-21(22)30/h1-2,9-15,17-19,33H,3-8H2,(H,34,37)(H,35,40)(H,31,36,39)/t18-,19-. The van der Waals surface area contributed by atoms with Gasteiger partial charge in [0.2, 0.25) is 0 Å². The molecule has 4 aromatic rings. The second-order valence-electron chi connectivity index (χ2n) is 10.2. The molecular weight excluding hydrogens is 551 g/mol. The molecule has 0 unspecified atom stereocenters. The van der Waals surface area contributed by atoms with Crippen LogP contribution >= 0.6 is 11.6 Å². The topological polar surface area (TPSA) is 135 Å². The number of hydrogen-bond acceptors (Lipinski definition) is 8. The first-order chi connectivity index (χ1) is 19.9. The summed E-state index contributed by atoms with van der Waals surface area (Å²) >= 11 is 5.88. The molecule has 0 saturated heterocycles. The maximum atomic E-state index is 14.1. The molecule has 0 radical (unpaired) electrons. The Hall–Kier alpha value is -4.45. The Bertz CT molecular complexity index is 1570. The summed E-state index contributed by atoms with van der Waals surface area (Å²) in [6, 6.07) is 10.4. The van der Waals surface area contributed by atoms with Gasteiger partial charge in [-0.15, -0.1) is 5.10 Å². The highest BCUT2D eigenvalue weighted by molar-refractivity contribution is 6.30. The van der Waals surface area contributed by atoms with Crippen LogP contribution in [0.25, 0.3) is 5.65 Å². The highest BCUT2D eigenvalue weighted by Gasteiger charge is 2.26. The summed E-state index contributed by atoms with van der Waals surface area (Å²) < 4.78 is 20.9. The maximum absolute atomic E-state index is 14.1. The highest BCUT2D eigenvalue weighted by atomic mass is 35.5. The zero-order valence-electron chi connectivity index (χ0n) is 21.9. The minimum absolute atomic E-state index is 0.00656. The van der Waals surface area contributed by atoms with E-state index >= 15 is 0 Å². The molecule has 2 aliphatic carbocycles. The number of carbonyl (C=O) groups excluding carboxylic acids is 2. The van der Waals surface area contributed by atoms with Crippen molar-refractivity contribution in [3.8, 4) is 5.75 Å². The van der Waals surface area contributed by atoms with Gasteiger partial charge in [-0.3, -0.25) is 9.78 Å². The summed E-state index contributed by atoms with van der Waals surface area (Å²) in [5, 5.41) is 17.7. The number of amides is 2. The molecule has 2 saturated carbocycles. The number of ether oxygens (including phenoxy) is 1. The van der Waals surface area contributed by atoms with Crippen LogP contribution in [0.1, 0.15) is 49.0 Å². The molecule has 6 rings (SSSR count). The number of pyridine rings is 1. The number of carbonyl (C=O) groups is 2. The summed E-state index contributed by atoms with van der Waals surface area (Å²) in [4.78, 5) is 33.5. The normalized spacial score (nSPS) is 18.5. The Morgan fingerprint density at radius 1 is 0.927 bits per heavy atom. The average molecular weight is 579 g/mol. The SMILES string of the molecule is O=C(N[C@H]1CC[C@H](Nc2cc(NC3CC3)c3ncc(C(=O)Nc4ccncc4F)n3n2)CC1)Oc1ccc(Cl)cc1. The maximum Gasteiger partial charge on any atom is 0.412 e. The van der Waals surface area contributed by atoms with Gasteiger partial charge in [0.05, 0.1) is 23.8 Å². The van der Waals surface area contributed by atoms with E-state index in [1.807, 2.05) is 6.07 Å². The van der Waals surface area contributed by atoms with Crippen LogP contribution in [0.15, 0.2) is 55.0 Å². The van der Waals surface area contributed by atoms with Crippen LogP contribution in [-0.2, 0) is 0 Å². The van der Waals surface area contributed by atoms with Crippen LogP contribution < -0.4 is 26.0 Å². The van der Waals surface area contributed by atoms with Crippen molar-refractivity contribution in [2.45, 2.75) is 56.7 Å². The first kappa shape index (κ1) is 26.8. The minimum Gasteiger partial charge on any atom is -0.410 e. The zero-order chi connectivity index (χ0) is 28.3. The molecule has 3 aromatic heterocycles. The quantitative estimate of drug-likeness (QED) is 0.222. The van der Waals surface area contributed by atoms with Gasteiger partial charge in [-0.05, 0) is 68.9 Å². The van der Waals surface area contributed by atoms with Crippen molar-refractivity contribution in [3.05, 3.63) is 71.5 Å². The molecular formula is C28H28ClFN8O3. The van der Waals surface area contributed by atoms with E-state index in [0.717, 1.165) is 50.4 Å². The fraction of sp³-hybridized carbons (Fsp3) is 0.321. The van der Waals surface area contributed by atoms with Crippen molar-refractivity contribution in [1.82, 2.24) is 24.9 Å². The van der Waals surface area contributed by atoms with Gasteiger partial charge in [-0.2, -0.15) is 0 Å². The molecule has 0 spiro atoms. The van der Waals surface area contributed by atoms with Gasteiger partial charge in [0.1, 0.15) is 11.6 Å². The first-order valence-corrected chi connectivity index (χ1v) is 13.9. The molecule has 0 aliphatic heterocycles. The Labute approximate surface area is 239 Å². The monoisotopic (exact) mass is 578 g/mol. The van der Waals surface area contributed by atoms with Crippen molar-refractivity contribution >= 4 is 46.4 Å². The number of rotatable bonds is 8. The van der Waals surface area contributed by atoms with Crippen LogP contribution in [-0.4, -0.2) is 49.7 Å². The van der Waals surface area contributed by atoms with Gasteiger partial charge < -0.3 is 26.0 Å². The number of benzene rings is 1. The number of hydrogen-bond donors (Lipinski definition) is 4. The third-order valence-corrected chi connectivity index (χ3v) is 7.34. The lowest BCUT2D eigenvalue weighted by molar-refractivity contribution is 0.102. The van der Waals surface area contributed by atoms with Crippen LogP contribution in [0.2, 0.25) is 5.02 Å². The van der Waals surface area contributed by atoms with E-state index in [4.69, 9.17) is 16.3 Å². The second kappa shape index (κ2) is 11.6. The molecule has 11 nitrogen and oxygen atoms in total. The first-order valence-electron chi connectivity index (χ1n) is 13.5. The number of nitrogens with zero attached hydrogens (tertiary/aromatic N) is 4. The lowest BCUT2D eigenvalue weighted by Crippen LogP contribution is -2.41. The van der Waals surface area contributed by atoms with Gasteiger partial charge in [0, 0.05) is 35.4 Å². The van der Waals surface area contributed by atoms with Crippen molar-refractivity contribution in [2.24, 2.45) is 0 Å².